The van der Waals surface area contributed by atoms with E-state index >= 15 is 0 Å². The molecule has 7 nitrogen and oxygen atoms in total. The van der Waals surface area contributed by atoms with Gasteiger partial charge in [-0.25, -0.2) is 4.79 Å². The van der Waals surface area contributed by atoms with E-state index in [-0.39, 0.29) is 18.0 Å². The lowest BCUT2D eigenvalue weighted by Gasteiger charge is -2.45. The molecule has 1 saturated heterocycles. The third kappa shape index (κ3) is 5.73. The fraction of sp³-hybridized carbons (Fsp3) is 0.387. The quantitative estimate of drug-likeness (QED) is 0.409. The molecule has 2 amide bonds. The number of aromatic nitrogens is 1. The number of pyridine rings is 1. The van der Waals surface area contributed by atoms with Gasteiger partial charge in [-0.1, -0.05) is 54.6 Å². The molecule has 2 atom stereocenters. The number of nitrogens with one attached hydrogen (secondary N) is 1. The second kappa shape index (κ2) is 10.2. The predicted molar refractivity (Wildman–Crippen MR) is 145 cm³/mol. The molecule has 1 aliphatic heterocycles. The van der Waals surface area contributed by atoms with Crippen LogP contribution in [0.15, 0.2) is 72.9 Å². The Morgan fingerprint density at radius 1 is 1.13 bits per heavy atom. The molecule has 1 unspecified atom stereocenters. The molecule has 0 radical (unpaired) electrons. The molecule has 3 aromatic rings. The Bertz CT molecular complexity index is 1280. The molecule has 1 aliphatic carbocycles. The highest BCUT2D eigenvalue weighted by molar-refractivity contribution is 5.94. The van der Waals surface area contributed by atoms with Crippen molar-refractivity contribution in [2.75, 3.05) is 6.54 Å². The standard InChI is InChI=1S/C31H35N3O4/c1-21(34-18-17-31(38-29(34)36,20-30(2,3)37)25-7-5-4-6-8-25)22-9-11-23(12-10-22)27-16-13-24(19-32-27)28(35)33-26-14-15-26/h4-13,16,19,21,26,37H,14-15,17-18,20H2,1-3H3,(H,33,35)/t21?,31-/m0/s1. The summed E-state index contributed by atoms with van der Waals surface area (Å²) in [6.45, 7) is 5.99. The van der Waals surface area contributed by atoms with Crippen LogP contribution >= 0.6 is 0 Å². The maximum absolute atomic E-state index is 13.3. The number of carbonyl (C=O) groups excluding carboxylic acids is 2. The van der Waals surface area contributed by atoms with Gasteiger partial charge in [-0.3, -0.25) is 9.78 Å². The Balaban J connectivity index is 1.28. The lowest BCUT2D eigenvalue weighted by Crippen LogP contribution is -2.51. The Kier molecular flexibility index (Phi) is 6.97. The number of carbonyl (C=O) groups is 2. The van der Waals surface area contributed by atoms with Gasteiger partial charge < -0.3 is 20.1 Å². The van der Waals surface area contributed by atoms with E-state index in [0.717, 1.165) is 35.2 Å². The minimum absolute atomic E-state index is 0.0806. The largest absolute Gasteiger partial charge is 0.438 e. The highest BCUT2D eigenvalue weighted by Gasteiger charge is 2.46. The summed E-state index contributed by atoms with van der Waals surface area (Å²) in [5, 5.41) is 13.6. The van der Waals surface area contributed by atoms with Gasteiger partial charge in [0.25, 0.3) is 5.91 Å². The first-order chi connectivity index (χ1) is 18.1. The van der Waals surface area contributed by atoms with E-state index in [0.29, 0.717) is 31.0 Å². The summed E-state index contributed by atoms with van der Waals surface area (Å²) >= 11 is 0. The van der Waals surface area contributed by atoms with Crippen LogP contribution in [-0.2, 0) is 10.3 Å². The SMILES string of the molecule is CC(c1ccc(-c2ccc(C(=O)NC3CC3)cn2)cc1)N1CC[C@](CC(C)(C)O)(c2ccccc2)OC1=O. The summed E-state index contributed by atoms with van der Waals surface area (Å²) in [5.74, 6) is -0.0806. The van der Waals surface area contributed by atoms with E-state index in [9.17, 15) is 14.7 Å². The monoisotopic (exact) mass is 513 g/mol. The van der Waals surface area contributed by atoms with Crippen molar-refractivity contribution in [3.8, 4) is 11.3 Å². The lowest BCUT2D eigenvalue weighted by molar-refractivity contribution is -0.101. The first-order valence-corrected chi connectivity index (χ1v) is 13.3. The second-order valence-electron chi connectivity index (χ2n) is 11.1. The molecule has 7 heteroatoms. The van der Waals surface area contributed by atoms with E-state index in [4.69, 9.17) is 4.74 Å². The van der Waals surface area contributed by atoms with Crippen LogP contribution in [0.1, 0.15) is 74.0 Å². The van der Waals surface area contributed by atoms with Crippen molar-refractivity contribution < 1.29 is 19.4 Å². The fourth-order valence-corrected chi connectivity index (χ4v) is 5.20. The average molecular weight is 514 g/mol. The van der Waals surface area contributed by atoms with Crippen molar-refractivity contribution in [3.05, 3.63) is 89.6 Å². The molecule has 0 bridgehead atoms. The highest BCUT2D eigenvalue weighted by atomic mass is 16.6. The zero-order valence-corrected chi connectivity index (χ0v) is 22.2. The van der Waals surface area contributed by atoms with Crippen molar-refractivity contribution in [2.24, 2.45) is 0 Å². The Hall–Kier alpha value is -3.71. The second-order valence-corrected chi connectivity index (χ2v) is 11.1. The van der Waals surface area contributed by atoms with E-state index in [1.54, 1.807) is 31.0 Å². The van der Waals surface area contributed by atoms with Crippen molar-refractivity contribution in [1.82, 2.24) is 15.2 Å². The van der Waals surface area contributed by atoms with E-state index in [1.807, 2.05) is 67.6 Å². The highest BCUT2D eigenvalue weighted by Crippen LogP contribution is 2.42. The molecule has 2 aliphatic rings. The summed E-state index contributed by atoms with van der Waals surface area (Å²) in [7, 11) is 0. The van der Waals surface area contributed by atoms with E-state index in [1.165, 1.54) is 0 Å². The molecule has 0 spiro atoms. The smallest absolute Gasteiger partial charge is 0.411 e. The summed E-state index contributed by atoms with van der Waals surface area (Å²) in [6, 6.07) is 21.4. The molecule has 2 fully saturated rings. The topological polar surface area (TPSA) is 91.8 Å². The van der Waals surface area contributed by atoms with Gasteiger partial charge in [0.05, 0.1) is 22.9 Å². The molecule has 2 N–H and O–H groups in total. The van der Waals surface area contributed by atoms with Crippen LogP contribution in [0.3, 0.4) is 0 Å². The summed E-state index contributed by atoms with van der Waals surface area (Å²) in [6.07, 6.45) is 4.22. The van der Waals surface area contributed by atoms with Crippen LogP contribution in [0.2, 0.25) is 0 Å². The number of cyclic esters (lactones) is 1. The summed E-state index contributed by atoms with van der Waals surface area (Å²) in [4.78, 5) is 31.8. The van der Waals surface area contributed by atoms with Gasteiger partial charge in [-0.05, 0) is 56.9 Å². The first-order valence-electron chi connectivity index (χ1n) is 13.3. The van der Waals surface area contributed by atoms with Gasteiger partial charge in [0.15, 0.2) is 0 Å². The molecule has 1 saturated carbocycles. The van der Waals surface area contributed by atoms with Gasteiger partial charge in [0.2, 0.25) is 0 Å². The van der Waals surface area contributed by atoms with Gasteiger partial charge in [0.1, 0.15) is 5.60 Å². The maximum Gasteiger partial charge on any atom is 0.411 e. The van der Waals surface area contributed by atoms with Crippen molar-refractivity contribution in [2.45, 2.75) is 69.7 Å². The van der Waals surface area contributed by atoms with Crippen LogP contribution in [0.4, 0.5) is 4.79 Å². The molecule has 5 rings (SSSR count). The Morgan fingerprint density at radius 2 is 1.84 bits per heavy atom. The number of benzene rings is 2. The maximum atomic E-state index is 13.3. The van der Waals surface area contributed by atoms with Crippen LogP contribution in [0.25, 0.3) is 11.3 Å². The van der Waals surface area contributed by atoms with Gasteiger partial charge in [-0.15, -0.1) is 0 Å². The number of aliphatic hydroxyl groups is 1. The van der Waals surface area contributed by atoms with Crippen LogP contribution < -0.4 is 5.32 Å². The third-order valence-electron chi connectivity index (χ3n) is 7.39. The lowest BCUT2D eigenvalue weighted by atomic mass is 9.80. The molecular weight excluding hydrogens is 478 g/mol. The zero-order valence-electron chi connectivity index (χ0n) is 22.2. The summed E-state index contributed by atoms with van der Waals surface area (Å²) in [5.41, 5.74) is 2.30. The van der Waals surface area contributed by atoms with E-state index in [2.05, 4.69) is 10.3 Å². The molecule has 1 aromatic heterocycles. The van der Waals surface area contributed by atoms with Crippen molar-refractivity contribution in [1.29, 1.82) is 0 Å². The van der Waals surface area contributed by atoms with Crippen LogP contribution in [0.5, 0.6) is 0 Å². The number of ether oxygens (including phenoxy) is 1. The molecular formula is C31H35N3O4. The first kappa shape index (κ1) is 25.9. The minimum atomic E-state index is -0.993. The van der Waals surface area contributed by atoms with Gasteiger partial charge in [0, 0.05) is 37.2 Å². The molecule has 2 aromatic carbocycles. The average Bonchev–Trinajstić information content (AvgIpc) is 3.72. The molecule has 198 valence electrons. The van der Waals surface area contributed by atoms with Gasteiger partial charge in [-0.2, -0.15) is 0 Å². The number of hydrogen-bond acceptors (Lipinski definition) is 5. The zero-order chi connectivity index (χ0) is 26.9. The predicted octanol–water partition coefficient (Wildman–Crippen LogP) is 5.60. The summed E-state index contributed by atoms with van der Waals surface area (Å²) < 4.78 is 6.13. The number of hydrogen-bond donors (Lipinski definition) is 2. The Labute approximate surface area is 223 Å². The van der Waals surface area contributed by atoms with Crippen LogP contribution in [-0.4, -0.2) is 45.2 Å². The Morgan fingerprint density at radius 3 is 2.42 bits per heavy atom. The third-order valence-corrected chi connectivity index (χ3v) is 7.39. The normalized spacial score (nSPS) is 20.5. The van der Waals surface area contributed by atoms with Crippen LogP contribution in [0, 0.1) is 0 Å². The molecule has 2 heterocycles. The minimum Gasteiger partial charge on any atom is -0.438 e. The molecule has 38 heavy (non-hydrogen) atoms. The van der Waals surface area contributed by atoms with Crippen molar-refractivity contribution >= 4 is 12.0 Å². The van der Waals surface area contributed by atoms with Crippen molar-refractivity contribution in [3.63, 3.8) is 0 Å². The number of amides is 2. The number of nitrogens with zero attached hydrogens (tertiary/aromatic N) is 2. The number of rotatable bonds is 8. The fourth-order valence-electron chi connectivity index (χ4n) is 5.20. The van der Waals surface area contributed by atoms with Gasteiger partial charge >= 0.3 is 6.09 Å². The van der Waals surface area contributed by atoms with E-state index < -0.39 is 11.2 Å².